The van der Waals surface area contributed by atoms with Crippen LogP contribution in [0.3, 0.4) is 0 Å². The molecule has 6 nitrogen and oxygen atoms in total. The second-order valence-electron chi connectivity index (χ2n) is 7.24. The number of carbonyl (C=O) groups is 1. The van der Waals surface area contributed by atoms with E-state index in [2.05, 4.69) is 28.5 Å². The van der Waals surface area contributed by atoms with Crippen molar-refractivity contribution in [1.82, 2.24) is 15.5 Å². The van der Waals surface area contributed by atoms with Crippen molar-refractivity contribution in [3.8, 4) is 0 Å². The average molecular weight is 486 g/mol. The largest absolute Gasteiger partial charge is 0.381 e. The van der Waals surface area contributed by atoms with Crippen molar-refractivity contribution in [2.24, 2.45) is 10.4 Å². The van der Waals surface area contributed by atoms with Crippen molar-refractivity contribution < 1.29 is 9.53 Å². The van der Waals surface area contributed by atoms with Crippen LogP contribution in [0.1, 0.15) is 35.7 Å². The SMILES string of the molecule is CCNC(=NCCc1cccc(C(=O)NC)c1)N1CCC2(CCOC2)C1.I. The van der Waals surface area contributed by atoms with Crippen LogP contribution in [-0.2, 0) is 11.2 Å². The molecule has 0 aromatic heterocycles. The van der Waals surface area contributed by atoms with Crippen molar-refractivity contribution in [2.45, 2.75) is 26.2 Å². The average Bonchev–Trinajstić information content (AvgIpc) is 3.30. The van der Waals surface area contributed by atoms with Crippen LogP contribution in [0.5, 0.6) is 0 Å². The summed E-state index contributed by atoms with van der Waals surface area (Å²) >= 11 is 0. The third-order valence-electron chi connectivity index (χ3n) is 5.34. The zero-order chi connectivity index (χ0) is 18.4. The fraction of sp³-hybridized carbons (Fsp3) is 0.600. The number of aliphatic imine (C=N–C) groups is 1. The molecule has 1 spiro atoms. The minimum atomic E-state index is -0.0511. The number of hydrogen-bond donors (Lipinski definition) is 2. The van der Waals surface area contributed by atoms with Crippen LogP contribution in [0.25, 0.3) is 0 Å². The number of likely N-dealkylation sites (tertiary alicyclic amines) is 1. The smallest absolute Gasteiger partial charge is 0.251 e. The van der Waals surface area contributed by atoms with Gasteiger partial charge in [0, 0.05) is 50.8 Å². The van der Waals surface area contributed by atoms with Gasteiger partial charge >= 0.3 is 0 Å². The lowest BCUT2D eigenvalue weighted by atomic mass is 9.87. The first-order valence-corrected chi connectivity index (χ1v) is 9.58. The molecule has 1 unspecified atom stereocenters. The number of amides is 1. The molecule has 2 saturated heterocycles. The summed E-state index contributed by atoms with van der Waals surface area (Å²) in [6, 6.07) is 7.76. The van der Waals surface area contributed by atoms with Crippen LogP contribution >= 0.6 is 24.0 Å². The highest BCUT2D eigenvalue weighted by Crippen LogP contribution is 2.38. The highest BCUT2D eigenvalue weighted by atomic mass is 127. The van der Waals surface area contributed by atoms with Gasteiger partial charge in [0.2, 0.25) is 0 Å². The third kappa shape index (κ3) is 5.57. The molecule has 1 aromatic carbocycles. The Morgan fingerprint density at radius 1 is 1.37 bits per heavy atom. The molecule has 150 valence electrons. The number of nitrogens with zero attached hydrogens (tertiary/aromatic N) is 2. The number of carbonyl (C=O) groups excluding carboxylic acids is 1. The van der Waals surface area contributed by atoms with Crippen LogP contribution in [0.2, 0.25) is 0 Å². The van der Waals surface area contributed by atoms with Crippen molar-refractivity contribution in [2.75, 3.05) is 46.4 Å². The first-order chi connectivity index (χ1) is 12.7. The van der Waals surface area contributed by atoms with Crippen LogP contribution in [0, 0.1) is 5.41 Å². The van der Waals surface area contributed by atoms with Gasteiger partial charge in [-0.15, -0.1) is 24.0 Å². The fourth-order valence-corrected chi connectivity index (χ4v) is 3.82. The summed E-state index contributed by atoms with van der Waals surface area (Å²) in [4.78, 5) is 19.0. The lowest BCUT2D eigenvalue weighted by molar-refractivity contribution is 0.0963. The summed E-state index contributed by atoms with van der Waals surface area (Å²) in [5, 5.41) is 6.09. The van der Waals surface area contributed by atoms with Crippen LogP contribution < -0.4 is 10.6 Å². The van der Waals surface area contributed by atoms with E-state index in [1.807, 2.05) is 18.2 Å². The molecule has 1 amide bonds. The molecular formula is C20H31IN4O2. The first-order valence-electron chi connectivity index (χ1n) is 9.58. The Morgan fingerprint density at radius 2 is 2.22 bits per heavy atom. The Morgan fingerprint density at radius 3 is 2.93 bits per heavy atom. The van der Waals surface area contributed by atoms with Gasteiger partial charge in [-0.2, -0.15) is 0 Å². The minimum absolute atomic E-state index is 0. The molecule has 0 aliphatic carbocycles. The molecule has 2 N–H and O–H groups in total. The van der Waals surface area contributed by atoms with Gasteiger partial charge in [0.1, 0.15) is 0 Å². The van der Waals surface area contributed by atoms with E-state index in [0.717, 1.165) is 57.2 Å². The lowest BCUT2D eigenvalue weighted by Gasteiger charge is -2.25. The van der Waals surface area contributed by atoms with E-state index in [4.69, 9.17) is 9.73 Å². The Bertz CT molecular complexity index is 659. The molecule has 7 heteroatoms. The number of rotatable bonds is 5. The van der Waals surface area contributed by atoms with Gasteiger partial charge in [-0.1, -0.05) is 12.1 Å². The van der Waals surface area contributed by atoms with Crippen molar-refractivity contribution in [3.05, 3.63) is 35.4 Å². The second kappa shape index (κ2) is 10.3. The predicted octanol–water partition coefficient (Wildman–Crippen LogP) is 2.28. The van der Waals surface area contributed by atoms with Gasteiger partial charge in [0.05, 0.1) is 6.61 Å². The van der Waals surface area contributed by atoms with Gasteiger partial charge in [-0.3, -0.25) is 9.79 Å². The number of ether oxygens (including phenoxy) is 1. The van der Waals surface area contributed by atoms with Crippen molar-refractivity contribution >= 4 is 35.8 Å². The van der Waals surface area contributed by atoms with E-state index in [9.17, 15) is 4.79 Å². The number of nitrogens with one attached hydrogen (secondary N) is 2. The summed E-state index contributed by atoms with van der Waals surface area (Å²) in [6.45, 7) is 7.53. The van der Waals surface area contributed by atoms with Gasteiger partial charge in [-0.05, 0) is 43.9 Å². The van der Waals surface area contributed by atoms with E-state index in [-0.39, 0.29) is 29.9 Å². The van der Waals surface area contributed by atoms with Gasteiger partial charge in [-0.25, -0.2) is 0 Å². The van der Waals surface area contributed by atoms with E-state index >= 15 is 0 Å². The number of hydrogen-bond acceptors (Lipinski definition) is 3. The molecule has 2 aliphatic heterocycles. The number of guanidine groups is 1. The molecule has 27 heavy (non-hydrogen) atoms. The molecule has 1 atom stereocenters. The topological polar surface area (TPSA) is 66.0 Å². The summed E-state index contributed by atoms with van der Waals surface area (Å²) in [5.74, 6) is 0.948. The molecule has 0 radical (unpaired) electrons. The molecule has 2 heterocycles. The summed E-state index contributed by atoms with van der Waals surface area (Å²) < 4.78 is 5.63. The van der Waals surface area contributed by atoms with Crippen LogP contribution in [0.4, 0.5) is 0 Å². The van der Waals surface area contributed by atoms with Crippen molar-refractivity contribution in [1.29, 1.82) is 0 Å². The van der Waals surface area contributed by atoms with Gasteiger partial charge in [0.25, 0.3) is 5.91 Å². The van der Waals surface area contributed by atoms with Crippen molar-refractivity contribution in [3.63, 3.8) is 0 Å². The molecule has 0 saturated carbocycles. The Hall–Kier alpha value is -1.35. The highest BCUT2D eigenvalue weighted by Gasteiger charge is 2.42. The van der Waals surface area contributed by atoms with E-state index in [1.54, 1.807) is 7.05 Å². The van der Waals surface area contributed by atoms with Gasteiger partial charge in [0.15, 0.2) is 5.96 Å². The Balaban J connectivity index is 0.00000261. The zero-order valence-corrected chi connectivity index (χ0v) is 18.6. The second-order valence-corrected chi connectivity index (χ2v) is 7.24. The molecule has 0 bridgehead atoms. The molecule has 2 aliphatic rings. The number of benzene rings is 1. The maximum absolute atomic E-state index is 11.8. The summed E-state index contributed by atoms with van der Waals surface area (Å²) in [7, 11) is 1.65. The highest BCUT2D eigenvalue weighted by molar-refractivity contribution is 14.0. The summed E-state index contributed by atoms with van der Waals surface area (Å²) in [5.41, 5.74) is 2.16. The third-order valence-corrected chi connectivity index (χ3v) is 5.34. The van der Waals surface area contributed by atoms with Crippen LogP contribution in [0.15, 0.2) is 29.3 Å². The maximum atomic E-state index is 11.8. The molecule has 2 fully saturated rings. The zero-order valence-electron chi connectivity index (χ0n) is 16.3. The Labute approximate surface area is 179 Å². The monoisotopic (exact) mass is 486 g/mol. The molecule has 3 rings (SSSR count). The van der Waals surface area contributed by atoms with Gasteiger partial charge < -0.3 is 20.3 Å². The number of halogens is 1. The van der Waals surface area contributed by atoms with E-state index in [1.165, 1.54) is 6.42 Å². The van der Waals surface area contributed by atoms with E-state index in [0.29, 0.717) is 17.5 Å². The quantitative estimate of drug-likeness (QED) is 0.381. The molecular weight excluding hydrogens is 455 g/mol. The summed E-state index contributed by atoms with van der Waals surface area (Å²) in [6.07, 6.45) is 3.17. The lowest BCUT2D eigenvalue weighted by Crippen LogP contribution is -2.41. The minimum Gasteiger partial charge on any atom is -0.381 e. The fourth-order valence-electron chi connectivity index (χ4n) is 3.82. The standard InChI is InChI=1S/C20H30N4O2.HI/c1-3-22-19(24-11-8-20(14-24)9-12-26-15-20)23-10-7-16-5-4-6-17(13-16)18(25)21-2;/h4-6,13H,3,7-12,14-15H2,1-2H3,(H,21,25)(H,22,23);1H. The predicted molar refractivity (Wildman–Crippen MR) is 119 cm³/mol. The maximum Gasteiger partial charge on any atom is 0.251 e. The normalized spacial score (nSPS) is 22.0. The first kappa shape index (κ1) is 21.9. The Kier molecular flexibility index (Phi) is 8.34. The van der Waals surface area contributed by atoms with E-state index < -0.39 is 0 Å². The van der Waals surface area contributed by atoms with Crippen LogP contribution in [-0.4, -0.2) is 63.2 Å². The molecule has 1 aromatic rings.